The first-order valence-electron chi connectivity index (χ1n) is 5.68. The monoisotopic (exact) mass is 223 g/mol. The van der Waals surface area contributed by atoms with Gasteiger partial charge in [-0.3, -0.25) is 0 Å². The minimum absolute atomic E-state index is 0.593. The first kappa shape index (κ1) is 12.8. The summed E-state index contributed by atoms with van der Waals surface area (Å²) in [6.45, 7) is 6.58. The van der Waals surface area contributed by atoms with Gasteiger partial charge in [0.05, 0.1) is 6.61 Å². The predicted molar refractivity (Wildman–Crippen MR) is 67.1 cm³/mol. The number of benzene rings is 1. The summed E-state index contributed by atoms with van der Waals surface area (Å²) in [6.07, 6.45) is 0. The molecule has 16 heavy (non-hydrogen) atoms. The van der Waals surface area contributed by atoms with Gasteiger partial charge in [-0.25, -0.2) is 0 Å². The normalized spacial score (nSPS) is 10.5. The molecular weight excluding hydrogens is 202 g/mol. The molecule has 1 aromatic carbocycles. The van der Waals surface area contributed by atoms with E-state index in [0.717, 1.165) is 18.0 Å². The summed E-state index contributed by atoms with van der Waals surface area (Å²) in [5.74, 6) is 1.53. The fraction of sp³-hybridized carbons (Fsp3) is 0.538. The van der Waals surface area contributed by atoms with Crippen molar-refractivity contribution in [1.82, 2.24) is 0 Å². The highest BCUT2D eigenvalue weighted by Gasteiger charge is 1.96. The molecule has 0 radical (unpaired) electrons. The van der Waals surface area contributed by atoms with Crippen LogP contribution in [0.5, 0.6) is 5.75 Å². The molecule has 0 spiro atoms. The van der Waals surface area contributed by atoms with Gasteiger partial charge in [0.1, 0.15) is 12.4 Å². The van der Waals surface area contributed by atoms with Crippen molar-refractivity contribution in [1.29, 1.82) is 0 Å². The molecule has 0 atom stereocenters. The number of anilines is 1. The van der Waals surface area contributed by atoms with Crippen LogP contribution in [0.1, 0.15) is 13.8 Å². The van der Waals surface area contributed by atoms with Crippen molar-refractivity contribution in [3.05, 3.63) is 24.3 Å². The zero-order valence-corrected chi connectivity index (χ0v) is 10.3. The highest BCUT2D eigenvalue weighted by Crippen LogP contribution is 2.15. The standard InChI is InChI=1S/C13H21NO2/c1-11(2)10-14-12-4-6-13(7-5-12)16-9-8-15-3/h4-7,11,14H,8-10H2,1-3H3. The predicted octanol–water partition coefficient (Wildman–Crippen LogP) is 2.78. The lowest BCUT2D eigenvalue weighted by atomic mass is 10.2. The average Bonchev–Trinajstić information content (AvgIpc) is 2.28. The summed E-state index contributed by atoms with van der Waals surface area (Å²) in [5.41, 5.74) is 1.13. The second kappa shape index (κ2) is 7.12. The maximum Gasteiger partial charge on any atom is 0.119 e. The lowest BCUT2D eigenvalue weighted by Gasteiger charge is -2.10. The Morgan fingerprint density at radius 1 is 1.12 bits per heavy atom. The SMILES string of the molecule is COCCOc1ccc(NCC(C)C)cc1. The van der Waals surface area contributed by atoms with Crippen LogP contribution in [0, 0.1) is 5.92 Å². The minimum atomic E-state index is 0.593. The van der Waals surface area contributed by atoms with Crippen LogP contribution >= 0.6 is 0 Å². The smallest absolute Gasteiger partial charge is 0.119 e. The summed E-state index contributed by atoms with van der Waals surface area (Å²) < 4.78 is 10.4. The first-order chi connectivity index (χ1) is 7.72. The fourth-order valence-electron chi connectivity index (χ4n) is 1.23. The number of ether oxygens (including phenoxy) is 2. The van der Waals surface area contributed by atoms with Crippen LogP contribution in [-0.2, 0) is 4.74 Å². The van der Waals surface area contributed by atoms with Crippen molar-refractivity contribution in [3.63, 3.8) is 0 Å². The highest BCUT2D eigenvalue weighted by atomic mass is 16.5. The maximum atomic E-state index is 5.47. The number of methoxy groups -OCH3 is 1. The molecule has 0 saturated carbocycles. The summed E-state index contributed by atoms with van der Waals surface area (Å²) in [7, 11) is 1.67. The summed E-state index contributed by atoms with van der Waals surface area (Å²) in [4.78, 5) is 0. The Morgan fingerprint density at radius 3 is 2.38 bits per heavy atom. The third kappa shape index (κ3) is 5.03. The Bertz CT molecular complexity index is 282. The van der Waals surface area contributed by atoms with E-state index in [0.29, 0.717) is 19.1 Å². The summed E-state index contributed by atoms with van der Waals surface area (Å²) >= 11 is 0. The molecule has 1 rings (SSSR count). The molecule has 0 aliphatic rings. The van der Waals surface area contributed by atoms with Crippen molar-refractivity contribution in [2.24, 2.45) is 5.92 Å². The van der Waals surface area contributed by atoms with E-state index in [1.165, 1.54) is 0 Å². The minimum Gasteiger partial charge on any atom is -0.491 e. The Kier molecular flexibility index (Phi) is 5.72. The van der Waals surface area contributed by atoms with Crippen molar-refractivity contribution in [2.45, 2.75) is 13.8 Å². The van der Waals surface area contributed by atoms with Crippen LogP contribution in [-0.4, -0.2) is 26.9 Å². The second-order valence-corrected chi connectivity index (χ2v) is 4.14. The topological polar surface area (TPSA) is 30.5 Å². The molecule has 0 heterocycles. The van der Waals surface area contributed by atoms with Crippen molar-refractivity contribution >= 4 is 5.69 Å². The van der Waals surface area contributed by atoms with E-state index < -0.39 is 0 Å². The second-order valence-electron chi connectivity index (χ2n) is 4.14. The van der Waals surface area contributed by atoms with Gasteiger partial charge >= 0.3 is 0 Å². The third-order valence-electron chi connectivity index (χ3n) is 2.12. The fourth-order valence-corrected chi connectivity index (χ4v) is 1.23. The van der Waals surface area contributed by atoms with Crippen LogP contribution < -0.4 is 10.1 Å². The van der Waals surface area contributed by atoms with Crippen LogP contribution in [0.4, 0.5) is 5.69 Å². The molecule has 1 N–H and O–H groups in total. The lowest BCUT2D eigenvalue weighted by molar-refractivity contribution is 0.146. The lowest BCUT2D eigenvalue weighted by Crippen LogP contribution is -2.08. The van der Waals surface area contributed by atoms with Gasteiger partial charge in [0.2, 0.25) is 0 Å². The molecule has 0 amide bonds. The van der Waals surface area contributed by atoms with E-state index in [1.807, 2.05) is 24.3 Å². The largest absolute Gasteiger partial charge is 0.491 e. The van der Waals surface area contributed by atoms with Gasteiger partial charge < -0.3 is 14.8 Å². The van der Waals surface area contributed by atoms with Crippen LogP contribution in [0.25, 0.3) is 0 Å². The third-order valence-corrected chi connectivity index (χ3v) is 2.12. The molecule has 3 heteroatoms. The van der Waals surface area contributed by atoms with Crippen molar-refractivity contribution < 1.29 is 9.47 Å². The van der Waals surface area contributed by atoms with Crippen LogP contribution in [0.3, 0.4) is 0 Å². The molecule has 0 aliphatic carbocycles. The molecule has 0 bridgehead atoms. The van der Waals surface area contributed by atoms with E-state index in [-0.39, 0.29) is 0 Å². The Morgan fingerprint density at radius 2 is 1.81 bits per heavy atom. The molecule has 1 aromatic rings. The van der Waals surface area contributed by atoms with Crippen molar-refractivity contribution in [2.75, 3.05) is 32.2 Å². The average molecular weight is 223 g/mol. The zero-order valence-electron chi connectivity index (χ0n) is 10.3. The van der Waals surface area contributed by atoms with Gasteiger partial charge in [-0.2, -0.15) is 0 Å². The maximum absolute atomic E-state index is 5.47. The number of hydrogen-bond donors (Lipinski definition) is 1. The quantitative estimate of drug-likeness (QED) is 0.721. The number of nitrogens with one attached hydrogen (secondary N) is 1. The van der Waals surface area contributed by atoms with Gasteiger partial charge in [0.25, 0.3) is 0 Å². The van der Waals surface area contributed by atoms with E-state index >= 15 is 0 Å². The highest BCUT2D eigenvalue weighted by molar-refractivity contribution is 5.46. The Labute approximate surface area is 97.8 Å². The number of rotatable bonds is 7. The van der Waals surface area contributed by atoms with E-state index in [9.17, 15) is 0 Å². The van der Waals surface area contributed by atoms with E-state index in [1.54, 1.807) is 7.11 Å². The van der Waals surface area contributed by atoms with Gasteiger partial charge in [-0.15, -0.1) is 0 Å². The summed E-state index contributed by atoms with van der Waals surface area (Å²) in [6, 6.07) is 8.01. The van der Waals surface area contributed by atoms with Gasteiger partial charge in [-0.05, 0) is 30.2 Å². The van der Waals surface area contributed by atoms with Crippen LogP contribution in [0.2, 0.25) is 0 Å². The molecule has 3 nitrogen and oxygen atoms in total. The van der Waals surface area contributed by atoms with Crippen LogP contribution in [0.15, 0.2) is 24.3 Å². The Balaban J connectivity index is 2.35. The molecule has 90 valence electrons. The molecule has 0 unspecified atom stereocenters. The van der Waals surface area contributed by atoms with Gasteiger partial charge in [0, 0.05) is 19.3 Å². The number of hydrogen-bond acceptors (Lipinski definition) is 3. The molecule has 0 fully saturated rings. The van der Waals surface area contributed by atoms with E-state index in [2.05, 4.69) is 19.2 Å². The van der Waals surface area contributed by atoms with Gasteiger partial charge in [0.15, 0.2) is 0 Å². The molecular formula is C13H21NO2. The zero-order chi connectivity index (χ0) is 11.8. The van der Waals surface area contributed by atoms with E-state index in [4.69, 9.17) is 9.47 Å². The summed E-state index contributed by atoms with van der Waals surface area (Å²) in [5, 5.41) is 3.36. The Hall–Kier alpha value is -1.22. The molecule has 0 saturated heterocycles. The molecule has 0 aromatic heterocycles. The first-order valence-corrected chi connectivity index (χ1v) is 5.68. The van der Waals surface area contributed by atoms with Crippen molar-refractivity contribution in [3.8, 4) is 5.75 Å². The van der Waals surface area contributed by atoms with Gasteiger partial charge in [-0.1, -0.05) is 13.8 Å². The molecule has 0 aliphatic heterocycles.